The maximum atomic E-state index is 6.20. The van der Waals surface area contributed by atoms with Gasteiger partial charge in [0.25, 0.3) is 0 Å². The zero-order valence-electron chi connectivity index (χ0n) is 9.81. The minimum absolute atomic E-state index is 0.693. The molecule has 3 rings (SSSR count). The van der Waals surface area contributed by atoms with Gasteiger partial charge in [0.05, 0.1) is 6.54 Å². The lowest BCUT2D eigenvalue weighted by Gasteiger charge is -2.10. The van der Waals surface area contributed by atoms with E-state index in [-0.39, 0.29) is 0 Å². The third-order valence-corrected chi connectivity index (χ3v) is 3.52. The fourth-order valence-corrected chi connectivity index (χ4v) is 2.43. The molecule has 1 heterocycles. The van der Waals surface area contributed by atoms with Crippen LogP contribution in [0.2, 0.25) is 5.02 Å². The van der Waals surface area contributed by atoms with E-state index in [0.29, 0.717) is 11.6 Å². The predicted molar refractivity (Wildman–Crippen MR) is 76.9 cm³/mol. The quantitative estimate of drug-likeness (QED) is 0.692. The molecule has 18 heavy (non-hydrogen) atoms. The van der Waals surface area contributed by atoms with Gasteiger partial charge in [-0.05, 0) is 29.7 Å². The summed E-state index contributed by atoms with van der Waals surface area (Å²) >= 11 is 6.20. The SMILES string of the molecule is Nc1cccc(Cl)c1Cn1ccc2ccccc21. The Morgan fingerprint density at radius 1 is 1.00 bits per heavy atom. The number of hydrogen-bond acceptors (Lipinski definition) is 1. The second-order valence-electron chi connectivity index (χ2n) is 4.31. The van der Waals surface area contributed by atoms with Gasteiger partial charge in [0.2, 0.25) is 0 Å². The van der Waals surface area contributed by atoms with Crippen LogP contribution in [0.3, 0.4) is 0 Å². The Labute approximate surface area is 111 Å². The number of hydrogen-bond donors (Lipinski definition) is 1. The van der Waals surface area contributed by atoms with E-state index in [9.17, 15) is 0 Å². The number of benzene rings is 2. The molecule has 3 aromatic rings. The molecule has 90 valence electrons. The van der Waals surface area contributed by atoms with Crippen LogP contribution in [-0.2, 0) is 6.54 Å². The van der Waals surface area contributed by atoms with Crippen LogP contribution in [-0.4, -0.2) is 4.57 Å². The maximum absolute atomic E-state index is 6.20. The summed E-state index contributed by atoms with van der Waals surface area (Å²) in [5.74, 6) is 0. The molecule has 3 heteroatoms. The molecule has 0 bridgehead atoms. The van der Waals surface area contributed by atoms with Gasteiger partial charge in [0.1, 0.15) is 0 Å². The van der Waals surface area contributed by atoms with Gasteiger partial charge in [0, 0.05) is 28.0 Å². The normalized spacial score (nSPS) is 10.9. The summed E-state index contributed by atoms with van der Waals surface area (Å²) in [6, 6.07) is 16.0. The monoisotopic (exact) mass is 256 g/mol. The Morgan fingerprint density at radius 2 is 1.83 bits per heavy atom. The van der Waals surface area contributed by atoms with Crippen LogP contribution in [0.15, 0.2) is 54.7 Å². The van der Waals surface area contributed by atoms with Crippen LogP contribution in [0.25, 0.3) is 10.9 Å². The summed E-state index contributed by atoms with van der Waals surface area (Å²) < 4.78 is 2.16. The first-order valence-corrected chi connectivity index (χ1v) is 6.20. The highest BCUT2D eigenvalue weighted by molar-refractivity contribution is 6.31. The van der Waals surface area contributed by atoms with Gasteiger partial charge in [-0.3, -0.25) is 0 Å². The number of nitrogens with zero attached hydrogens (tertiary/aromatic N) is 1. The molecule has 2 nitrogen and oxygen atoms in total. The minimum Gasteiger partial charge on any atom is -0.398 e. The van der Waals surface area contributed by atoms with Crippen LogP contribution in [0.5, 0.6) is 0 Å². The fourth-order valence-electron chi connectivity index (χ4n) is 2.19. The van der Waals surface area contributed by atoms with Gasteiger partial charge in [0.15, 0.2) is 0 Å². The maximum Gasteiger partial charge on any atom is 0.0511 e. The molecule has 0 aliphatic carbocycles. The van der Waals surface area contributed by atoms with Crippen molar-refractivity contribution in [3.8, 4) is 0 Å². The first-order chi connectivity index (χ1) is 8.75. The molecule has 0 aliphatic heterocycles. The van der Waals surface area contributed by atoms with E-state index < -0.39 is 0 Å². The number of nitrogens with two attached hydrogens (primary N) is 1. The van der Waals surface area contributed by atoms with Crippen LogP contribution < -0.4 is 5.73 Å². The molecule has 0 radical (unpaired) electrons. The Morgan fingerprint density at radius 3 is 2.67 bits per heavy atom. The molecule has 1 aromatic heterocycles. The van der Waals surface area contributed by atoms with Gasteiger partial charge < -0.3 is 10.3 Å². The first kappa shape index (κ1) is 11.2. The van der Waals surface area contributed by atoms with Crippen molar-refractivity contribution < 1.29 is 0 Å². The smallest absolute Gasteiger partial charge is 0.0511 e. The summed E-state index contributed by atoms with van der Waals surface area (Å²) in [5, 5.41) is 1.94. The average molecular weight is 257 g/mol. The molecule has 0 saturated heterocycles. The Hall–Kier alpha value is -1.93. The summed E-state index contributed by atoms with van der Waals surface area (Å²) in [6.07, 6.45) is 2.06. The Bertz CT molecular complexity index is 680. The van der Waals surface area contributed by atoms with E-state index in [4.69, 9.17) is 17.3 Å². The number of para-hydroxylation sites is 1. The highest BCUT2D eigenvalue weighted by Crippen LogP contribution is 2.25. The fraction of sp³-hybridized carbons (Fsp3) is 0.0667. The van der Waals surface area contributed by atoms with E-state index in [0.717, 1.165) is 11.3 Å². The van der Waals surface area contributed by atoms with Crippen molar-refractivity contribution in [2.75, 3.05) is 5.73 Å². The first-order valence-electron chi connectivity index (χ1n) is 5.82. The molecule has 0 aliphatic rings. The number of halogens is 1. The third kappa shape index (κ3) is 1.85. The molecular weight excluding hydrogens is 244 g/mol. The molecule has 0 amide bonds. The van der Waals surface area contributed by atoms with Crippen molar-refractivity contribution in [2.45, 2.75) is 6.54 Å². The summed E-state index contributed by atoms with van der Waals surface area (Å²) in [5.41, 5.74) is 8.88. The summed E-state index contributed by atoms with van der Waals surface area (Å²) in [4.78, 5) is 0. The largest absolute Gasteiger partial charge is 0.398 e. The highest BCUT2D eigenvalue weighted by atomic mass is 35.5. The van der Waals surface area contributed by atoms with Crippen molar-refractivity contribution >= 4 is 28.2 Å². The number of rotatable bonds is 2. The third-order valence-electron chi connectivity index (χ3n) is 3.16. The van der Waals surface area contributed by atoms with Crippen molar-refractivity contribution in [2.24, 2.45) is 0 Å². The molecule has 0 saturated carbocycles. The summed E-state index contributed by atoms with van der Waals surface area (Å²) in [6.45, 7) is 0.693. The second-order valence-corrected chi connectivity index (χ2v) is 4.72. The van der Waals surface area contributed by atoms with E-state index in [1.807, 2.05) is 30.3 Å². The van der Waals surface area contributed by atoms with Crippen LogP contribution >= 0.6 is 11.6 Å². The highest BCUT2D eigenvalue weighted by Gasteiger charge is 2.07. The van der Waals surface area contributed by atoms with Gasteiger partial charge in [-0.1, -0.05) is 35.9 Å². The molecule has 0 spiro atoms. The van der Waals surface area contributed by atoms with E-state index in [1.54, 1.807) is 0 Å². The van der Waals surface area contributed by atoms with Crippen molar-refractivity contribution in [3.63, 3.8) is 0 Å². The van der Waals surface area contributed by atoms with Crippen molar-refractivity contribution in [3.05, 3.63) is 65.3 Å². The lowest BCUT2D eigenvalue weighted by molar-refractivity contribution is 0.839. The summed E-state index contributed by atoms with van der Waals surface area (Å²) in [7, 11) is 0. The predicted octanol–water partition coefficient (Wildman–Crippen LogP) is 3.93. The van der Waals surface area contributed by atoms with Crippen LogP contribution in [0.4, 0.5) is 5.69 Å². The minimum atomic E-state index is 0.693. The molecule has 0 fully saturated rings. The van der Waals surface area contributed by atoms with E-state index in [1.165, 1.54) is 10.9 Å². The zero-order valence-corrected chi connectivity index (χ0v) is 10.6. The van der Waals surface area contributed by atoms with E-state index in [2.05, 4.69) is 29.0 Å². The number of anilines is 1. The zero-order chi connectivity index (χ0) is 12.5. The standard InChI is InChI=1S/C15H13ClN2/c16-13-5-3-6-14(17)12(13)10-18-9-8-11-4-1-2-7-15(11)18/h1-9H,10,17H2. The lowest BCUT2D eigenvalue weighted by Crippen LogP contribution is -2.02. The number of fused-ring (bicyclic) bond motifs is 1. The molecule has 0 atom stereocenters. The van der Waals surface area contributed by atoms with Gasteiger partial charge in [-0.25, -0.2) is 0 Å². The van der Waals surface area contributed by atoms with Gasteiger partial charge >= 0.3 is 0 Å². The topological polar surface area (TPSA) is 30.9 Å². The molecule has 2 aromatic carbocycles. The number of aromatic nitrogens is 1. The molecular formula is C15H13ClN2. The molecule has 0 unspecified atom stereocenters. The van der Waals surface area contributed by atoms with Crippen molar-refractivity contribution in [1.29, 1.82) is 0 Å². The molecule has 2 N–H and O–H groups in total. The second kappa shape index (κ2) is 4.39. The average Bonchev–Trinajstić information content (AvgIpc) is 2.77. The lowest BCUT2D eigenvalue weighted by atomic mass is 10.2. The Balaban J connectivity index is 2.07. The van der Waals surface area contributed by atoms with Gasteiger partial charge in [-0.15, -0.1) is 0 Å². The Kier molecular flexibility index (Phi) is 2.73. The van der Waals surface area contributed by atoms with Crippen molar-refractivity contribution in [1.82, 2.24) is 4.57 Å². The van der Waals surface area contributed by atoms with Gasteiger partial charge in [-0.2, -0.15) is 0 Å². The number of nitrogen functional groups attached to an aromatic ring is 1. The van der Waals surface area contributed by atoms with Crippen LogP contribution in [0.1, 0.15) is 5.56 Å². The van der Waals surface area contributed by atoms with E-state index >= 15 is 0 Å². The van der Waals surface area contributed by atoms with Crippen LogP contribution in [0, 0.1) is 0 Å².